The molecule has 0 bridgehead atoms. The third-order valence-electron chi connectivity index (χ3n) is 5.54. The zero-order valence-electron chi connectivity index (χ0n) is 21.4. The maximum atomic E-state index is 13.0. The molecular formula is C27H32N2O6S. The number of nitrogens with zero attached hydrogens (tertiary/aromatic N) is 1. The van der Waals surface area contributed by atoms with Gasteiger partial charge in [-0.25, -0.2) is 9.78 Å². The molecule has 0 saturated heterocycles. The quantitative estimate of drug-likeness (QED) is 0.380. The van der Waals surface area contributed by atoms with Crippen LogP contribution in [0.3, 0.4) is 0 Å². The number of carboxylic acids is 1. The van der Waals surface area contributed by atoms with Gasteiger partial charge in [0.15, 0.2) is 6.10 Å². The van der Waals surface area contributed by atoms with Gasteiger partial charge >= 0.3 is 5.97 Å². The fourth-order valence-electron chi connectivity index (χ4n) is 3.74. The highest BCUT2D eigenvalue weighted by Crippen LogP contribution is 2.32. The minimum absolute atomic E-state index is 0.107. The molecule has 0 fully saturated rings. The lowest BCUT2D eigenvalue weighted by atomic mass is 10.0. The number of amides is 1. The molecule has 1 amide bonds. The second kappa shape index (κ2) is 12.0. The fourth-order valence-corrected chi connectivity index (χ4v) is 4.73. The van der Waals surface area contributed by atoms with Crippen LogP contribution in [0.1, 0.15) is 45.9 Å². The number of carboxylic acid groups (broad SMARTS) is 1. The van der Waals surface area contributed by atoms with E-state index in [0.29, 0.717) is 33.2 Å². The number of nitrogens with one attached hydrogen (secondary N) is 1. The van der Waals surface area contributed by atoms with Gasteiger partial charge in [-0.2, -0.15) is 0 Å². The van der Waals surface area contributed by atoms with Crippen molar-refractivity contribution in [2.75, 3.05) is 14.2 Å². The highest BCUT2D eigenvalue weighted by molar-refractivity contribution is 7.17. The predicted molar refractivity (Wildman–Crippen MR) is 139 cm³/mol. The van der Waals surface area contributed by atoms with E-state index in [4.69, 9.17) is 14.2 Å². The lowest BCUT2D eigenvalue weighted by molar-refractivity contribution is -0.153. The van der Waals surface area contributed by atoms with Gasteiger partial charge in [0, 0.05) is 30.2 Å². The van der Waals surface area contributed by atoms with Gasteiger partial charge in [-0.05, 0) is 39.3 Å². The van der Waals surface area contributed by atoms with E-state index < -0.39 is 12.1 Å². The highest BCUT2D eigenvalue weighted by atomic mass is 32.1. The Balaban J connectivity index is 1.81. The number of ether oxygens (including phenoxy) is 3. The lowest BCUT2D eigenvalue weighted by Gasteiger charge is -2.20. The Bertz CT molecular complexity index is 1220. The van der Waals surface area contributed by atoms with Crippen molar-refractivity contribution in [3.63, 3.8) is 0 Å². The van der Waals surface area contributed by atoms with Crippen molar-refractivity contribution in [2.24, 2.45) is 0 Å². The summed E-state index contributed by atoms with van der Waals surface area (Å²) in [6.07, 6.45) is -1.17. The van der Waals surface area contributed by atoms with Crippen LogP contribution in [0.15, 0.2) is 36.4 Å². The van der Waals surface area contributed by atoms with E-state index >= 15 is 0 Å². The van der Waals surface area contributed by atoms with Crippen LogP contribution in [0.5, 0.6) is 11.5 Å². The van der Waals surface area contributed by atoms with Crippen molar-refractivity contribution in [1.29, 1.82) is 0 Å². The Morgan fingerprint density at radius 3 is 2.25 bits per heavy atom. The first-order valence-corrected chi connectivity index (χ1v) is 12.4. The predicted octanol–water partition coefficient (Wildman–Crippen LogP) is 4.79. The van der Waals surface area contributed by atoms with Crippen LogP contribution in [0.4, 0.5) is 0 Å². The van der Waals surface area contributed by atoms with Gasteiger partial charge in [-0.15, -0.1) is 11.3 Å². The highest BCUT2D eigenvalue weighted by Gasteiger charge is 2.24. The molecule has 192 valence electrons. The monoisotopic (exact) mass is 512 g/mol. The van der Waals surface area contributed by atoms with Gasteiger partial charge in [0.1, 0.15) is 21.4 Å². The Morgan fingerprint density at radius 1 is 1.03 bits per heavy atom. The molecule has 9 heteroatoms. The molecule has 2 aromatic carbocycles. The van der Waals surface area contributed by atoms with E-state index in [1.165, 1.54) is 25.6 Å². The lowest BCUT2D eigenvalue weighted by Crippen LogP contribution is -2.29. The molecule has 3 rings (SSSR count). The zero-order valence-corrected chi connectivity index (χ0v) is 22.2. The normalized spacial score (nSPS) is 11.9. The van der Waals surface area contributed by atoms with Crippen molar-refractivity contribution in [3.05, 3.63) is 63.7 Å². The summed E-state index contributed by atoms with van der Waals surface area (Å²) >= 11 is 1.34. The summed E-state index contributed by atoms with van der Waals surface area (Å²) in [4.78, 5) is 29.9. The summed E-state index contributed by atoms with van der Waals surface area (Å²) in [5.41, 5.74) is 4.11. The third-order valence-corrected chi connectivity index (χ3v) is 6.75. The number of carbonyl (C=O) groups excluding carboxylic acids is 1. The molecule has 0 saturated carbocycles. The van der Waals surface area contributed by atoms with Crippen LogP contribution in [0, 0.1) is 13.8 Å². The molecule has 1 unspecified atom stereocenters. The molecule has 36 heavy (non-hydrogen) atoms. The van der Waals surface area contributed by atoms with Crippen LogP contribution in [0.25, 0.3) is 10.6 Å². The van der Waals surface area contributed by atoms with E-state index in [1.54, 1.807) is 26.0 Å². The summed E-state index contributed by atoms with van der Waals surface area (Å²) in [5, 5.41) is 13.3. The van der Waals surface area contributed by atoms with Gasteiger partial charge in [-0.1, -0.05) is 29.8 Å². The maximum absolute atomic E-state index is 13.0. The molecule has 1 heterocycles. The number of aromatic nitrogens is 1. The van der Waals surface area contributed by atoms with Crippen LogP contribution in [-0.4, -0.2) is 48.4 Å². The first-order valence-electron chi connectivity index (χ1n) is 11.6. The van der Waals surface area contributed by atoms with Crippen molar-refractivity contribution in [1.82, 2.24) is 10.3 Å². The van der Waals surface area contributed by atoms with E-state index in [-0.39, 0.29) is 25.0 Å². The molecule has 1 aromatic heterocycles. The van der Waals surface area contributed by atoms with Crippen molar-refractivity contribution < 1.29 is 28.9 Å². The smallest absolute Gasteiger partial charge is 0.333 e. The Kier molecular flexibility index (Phi) is 9.06. The molecule has 1 atom stereocenters. The average molecular weight is 513 g/mol. The van der Waals surface area contributed by atoms with Crippen molar-refractivity contribution >= 4 is 23.2 Å². The number of carbonyl (C=O) groups is 2. The minimum atomic E-state index is -1.05. The van der Waals surface area contributed by atoms with Gasteiger partial charge < -0.3 is 24.6 Å². The molecule has 0 radical (unpaired) electrons. The molecule has 0 aliphatic heterocycles. The molecule has 0 aliphatic carbocycles. The second-order valence-electron chi connectivity index (χ2n) is 8.67. The fraction of sp³-hybridized carbons (Fsp3) is 0.370. The standard InChI is InChI=1S/C27H32N2O6S/c1-15(2)35-23(27(31)32)12-19-11-20(22(34-6)13-21(19)33-5)14-28-25(30)24-17(4)29-26(36-24)18-9-7-16(3)8-10-18/h7-11,13,15,23H,12,14H2,1-6H3,(H,28,30)(H,31,32). The Morgan fingerprint density at radius 2 is 1.67 bits per heavy atom. The number of aryl methyl sites for hydroxylation is 2. The molecule has 0 aliphatic rings. The molecule has 3 aromatic rings. The summed E-state index contributed by atoms with van der Waals surface area (Å²) in [6.45, 7) is 7.59. The number of thiazole rings is 1. The summed E-state index contributed by atoms with van der Waals surface area (Å²) in [6, 6.07) is 11.5. The van der Waals surface area contributed by atoms with E-state index in [2.05, 4.69) is 10.3 Å². The second-order valence-corrected chi connectivity index (χ2v) is 9.67. The number of hydrogen-bond donors (Lipinski definition) is 2. The average Bonchev–Trinajstić information content (AvgIpc) is 3.23. The number of methoxy groups -OCH3 is 2. The molecule has 0 spiro atoms. The van der Waals surface area contributed by atoms with Crippen LogP contribution < -0.4 is 14.8 Å². The molecular weight excluding hydrogens is 480 g/mol. The van der Waals surface area contributed by atoms with Crippen molar-refractivity contribution in [2.45, 2.75) is 52.9 Å². The van der Waals surface area contributed by atoms with E-state index in [1.807, 2.05) is 38.1 Å². The van der Waals surface area contributed by atoms with Gasteiger partial charge in [-0.3, -0.25) is 4.79 Å². The summed E-state index contributed by atoms with van der Waals surface area (Å²) < 4.78 is 16.5. The summed E-state index contributed by atoms with van der Waals surface area (Å²) in [5.74, 6) is -0.286. The minimum Gasteiger partial charge on any atom is -0.496 e. The largest absolute Gasteiger partial charge is 0.496 e. The number of rotatable bonds is 11. The number of hydrogen-bond acceptors (Lipinski definition) is 7. The molecule has 2 N–H and O–H groups in total. The number of aliphatic carboxylic acids is 1. The van der Waals surface area contributed by atoms with Crippen molar-refractivity contribution in [3.8, 4) is 22.1 Å². The van der Waals surface area contributed by atoms with E-state index in [0.717, 1.165) is 16.1 Å². The summed E-state index contributed by atoms with van der Waals surface area (Å²) in [7, 11) is 3.04. The van der Waals surface area contributed by atoms with Gasteiger partial charge in [0.2, 0.25) is 0 Å². The van der Waals surface area contributed by atoms with Crippen LogP contribution in [-0.2, 0) is 22.5 Å². The Labute approximate surface area is 215 Å². The van der Waals surface area contributed by atoms with Gasteiger partial charge in [0.05, 0.1) is 26.0 Å². The first-order chi connectivity index (χ1) is 17.1. The molecule has 8 nitrogen and oxygen atoms in total. The Hall–Kier alpha value is -3.43. The maximum Gasteiger partial charge on any atom is 0.333 e. The van der Waals surface area contributed by atoms with Crippen LogP contribution >= 0.6 is 11.3 Å². The number of benzene rings is 2. The first kappa shape index (κ1) is 27.2. The van der Waals surface area contributed by atoms with Crippen LogP contribution in [0.2, 0.25) is 0 Å². The topological polar surface area (TPSA) is 107 Å². The zero-order chi connectivity index (χ0) is 26.4. The third kappa shape index (κ3) is 6.61. The van der Waals surface area contributed by atoms with Gasteiger partial charge in [0.25, 0.3) is 5.91 Å². The SMILES string of the molecule is COc1cc(OC)c(CC(OC(C)C)C(=O)O)cc1CNC(=O)c1sc(-c2ccc(C)cc2)nc1C. The van der Waals surface area contributed by atoms with E-state index in [9.17, 15) is 14.7 Å².